The van der Waals surface area contributed by atoms with Crippen LogP contribution in [0.2, 0.25) is 0 Å². The van der Waals surface area contributed by atoms with Crippen molar-refractivity contribution in [1.82, 2.24) is 14.8 Å². The van der Waals surface area contributed by atoms with Gasteiger partial charge in [-0.2, -0.15) is 0 Å². The van der Waals surface area contributed by atoms with Crippen LogP contribution in [0.15, 0.2) is 54.7 Å². The number of aromatic nitrogens is 1. The lowest BCUT2D eigenvalue weighted by Crippen LogP contribution is -2.39. The van der Waals surface area contributed by atoms with Crippen molar-refractivity contribution in [2.75, 3.05) is 32.7 Å². The molecule has 0 spiro atoms. The molecule has 1 aromatic heterocycles. The van der Waals surface area contributed by atoms with Crippen LogP contribution in [0.3, 0.4) is 0 Å². The van der Waals surface area contributed by atoms with Gasteiger partial charge in [0, 0.05) is 42.3 Å². The Morgan fingerprint density at radius 1 is 0.970 bits per heavy atom. The van der Waals surface area contributed by atoms with Gasteiger partial charge in [-0.05, 0) is 98.3 Å². The number of fused-ring (bicyclic) bond motifs is 1. The van der Waals surface area contributed by atoms with E-state index in [9.17, 15) is 9.18 Å². The summed E-state index contributed by atoms with van der Waals surface area (Å²) in [6.45, 7) is 5.05. The lowest BCUT2D eigenvalue weighted by atomic mass is 9.87. The third-order valence-corrected chi connectivity index (χ3v) is 8.25. The maximum absolute atomic E-state index is 13.5. The molecule has 1 aliphatic carbocycles. The van der Waals surface area contributed by atoms with Crippen LogP contribution in [0.1, 0.15) is 47.5 Å². The maximum atomic E-state index is 13.5. The van der Waals surface area contributed by atoms with Crippen molar-refractivity contribution < 1.29 is 9.18 Å². The monoisotopic (exact) mass is 445 g/mol. The lowest BCUT2D eigenvalue weighted by molar-refractivity contribution is 0.0781. The number of H-pyrrole nitrogens is 1. The zero-order chi connectivity index (χ0) is 22.4. The van der Waals surface area contributed by atoms with Gasteiger partial charge in [0.1, 0.15) is 5.82 Å². The van der Waals surface area contributed by atoms with Crippen LogP contribution in [0, 0.1) is 23.6 Å². The molecular formula is C28H32FN3O. The smallest absolute Gasteiger partial charge is 0.254 e. The Balaban J connectivity index is 1.11. The number of nitrogens with zero attached hydrogens (tertiary/aromatic N) is 2. The Kier molecular flexibility index (Phi) is 5.45. The molecule has 2 aromatic carbocycles. The number of amides is 1. The maximum Gasteiger partial charge on any atom is 0.254 e. The zero-order valence-corrected chi connectivity index (χ0v) is 19.1. The van der Waals surface area contributed by atoms with Crippen molar-refractivity contribution in [3.05, 3.63) is 71.7 Å². The average Bonchev–Trinajstić information content (AvgIpc) is 3.41. The lowest BCUT2D eigenvalue weighted by Gasteiger charge is -2.34. The van der Waals surface area contributed by atoms with Gasteiger partial charge in [-0.15, -0.1) is 0 Å². The number of benzene rings is 2. The van der Waals surface area contributed by atoms with Gasteiger partial charge in [0.2, 0.25) is 0 Å². The first-order valence-corrected chi connectivity index (χ1v) is 12.5. The third-order valence-electron chi connectivity index (χ3n) is 8.25. The molecule has 2 atom stereocenters. The summed E-state index contributed by atoms with van der Waals surface area (Å²) in [6, 6.07) is 15.1. The molecule has 3 aromatic rings. The summed E-state index contributed by atoms with van der Waals surface area (Å²) in [5, 5.41) is 1.02. The molecule has 2 saturated heterocycles. The highest BCUT2D eigenvalue weighted by Gasteiger charge is 2.44. The summed E-state index contributed by atoms with van der Waals surface area (Å²) >= 11 is 0. The molecular weight excluding hydrogens is 413 g/mol. The Morgan fingerprint density at radius 3 is 2.52 bits per heavy atom. The first kappa shape index (κ1) is 20.9. The number of likely N-dealkylation sites (tertiary alicyclic amines) is 2. The van der Waals surface area contributed by atoms with E-state index in [1.54, 1.807) is 12.1 Å². The number of hydrogen-bond donors (Lipinski definition) is 1. The first-order chi connectivity index (χ1) is 16.2. The SMILES string of the molecule is O=C(c1cccc2[nH]ccc12)N1CC(CN2CCC(c3ccc(F)cc3)CC2)C(C2CC2)C1. The van der Waals surface area contributed by atoms with Gasteiger partial charge in [0.05, 0.1) is 0 Å². The second kappa shape index (κ2) is 8.60. The second-order valence-corrected chi connectivity index (χ2v) is 10.3. The molecule has 1 saturated carbocycles. The molecule has 2 unspecified atom stereocenters. The number of aromatic amines is 1. The number of carbonyl (C=O) groups excluding carboxylic acids is 1. The topological polar surface area (TPSA) is 39.3 Å². The van der Waals surface area contributed by atoms with Gasteiger partial charge in [-0.1, -0.05) is 18.2 Å². The number of piperidine rings is 1. The molecule has 33 heavy (non-hydrogen) atoms. The molecule has 172 valence electrons. The first-order valence-electron chi connectivity index (χ1n) is 12.5. The van der Waals surface area contributed by atoms with Crippen molar-refractivity contribution in [2.45, 2.75) is 31.6 Å². The van der Waals surface area contributed by atoms with Crippen LogP contribution < -0.4 is 0 Å². The van der Waals surface area contributed by atoms with E-state index < -0.39 is 0 Å². The summed E-state index contributed by atoms with van der Waals surface area (Å²) < 4.78 is 13.3. The number of rotatable bonds is 5. The van der Waals surface area contributed by atoms with Crippen LogP contribution in [-0.4, -0.2) is 53.4 Å². The molecule has 3 fully saturated rings. The highest BCUT2D eigenvalue weighted by molar-refractivity contribution is 6.06. The Labute approximate surface area is 194 Å². The minimum absolute atomic E-state index is 0.157. The van der Waals surface area contributed by atoms with Gasteiger partial charge in [-0.3, -0.25) is 4.79 Å². The van der Waals surface area contributed by atoms with Crippen molar-refractivity contribution in [2.24, 2.45) is 17.8 Å². The third kappa shape index (κ3) is 4.19. The summed E-state index contributed by atoms with van der Waals surface area (Å²) in [4.78, 5) is 21.4. The van der Waals surface area contributed by atoms with Gasteiger partial charge in [0.25, 0.3) is 5.91 Å². The van der Waals surface area contributed by atoms with Gasteiger partial charge in [0.15, 0.2) is 0 Å². The van der Waals surface area contributed by atoms with Gasteiger partial charge >= 0.3 is 0 Å². The molecule has 4 nitrogen and oxygen atoms in total. The fourth-order valence-corrected chi connectivity index (χ4v) is 6.27. The Morgan fingerprint density at radius 2 is 1.76 bits per heavy atom. The molecule has 0 radical (unpaired) electrons. The highest BCUT2D eigenvalue weighted by atomic mass is 19.1. The van der Waals surface area contributed by atoms with Crippen LogP contribution in [0.4, 0.5) is 4.39 Å². The molecule has 3 heterocycles. The Hall–Kier alpha value is -2.66. The summed E-state index contributed by atoms with van der Waals surface area (Å²) in [6.07, 6.45) is 6.82. The van der Waals surface area contributed by atoms with Crippen molar-refractivity contribution >= 4 is 16.8 Å². The summed E-state index contributed by atoms with van der Waals surface area (Å²) in [5.41, 5.74) is 3.12. The van der Waals surface area contributed by atoms with Crippen LogP contribution in [-0.2, 0) is 0 Å². The molecule has 5 heteroatoms. The minimum Gasteiger partial charge on any atom is -0.361 e. The van der Waals surface area contributed by atoms with Gasteiger partial charge in [-0.25, -0.2) is 4.39 Å². The zero-order valence-electron chi connectivity index (χ0n) is 19.1. The highest BCUT2D eigenvalue weighted by Crippen LogP contribution is 2.45. The van der Waals surface area contributed by atoms with E-state index in [0.29, 0.717) is 17.8 Å². The van der Waals surface area contributed by atoms with Crippen molar-refractivity contribution in [3.63, 3.8) is 0 Å². The van der Waals surface area contributed by atoms with E-state index in [4.69, 9.17) is 0 Å². The standard InChI is InChI=1S/C28H32FN3O/c29-23-8-6-19(7-9-23)20-11-14-31(15-12-20)16-22-17-32(18-26(22)21-4-5-21)28(33)25-2-1-3-27-24(25)10-13-30-27/h1-3,6-10,13,20-22,26,30H,4-5,11-12,14-18H2. The van der Waals surface area contributed by atoms with Gasteiger partial charge < -0.3 is 14.8 Å². The fraction of sp³-hybridized carbons (Fsp3) is 0.464. The van der Waals surface area contributed by atoms with E-state index >= 15 is 0 Å². The van der Waals surface area contributed by atoms with E-state index in [0.717, 1.165) is 67.9 Å². The number of hydrogen-bond acceptors (Lipinski definition) is 2. The summed E-state index contributed by atoms with van der Waals surface area (Å²) in [5.74, 6) is 2.55. The predicted octanol–water partition coefficient (Wildman–Crippen LogP) is 5.28. The number of nitrogens with one attached hydrogen (secondary N) is 1. The number of halogens is 1. The van der Waals surface area contributed by atoms with Crippen LogP contribution in [0.5, 0.6) is 0 Å². The molecule has 1 amide bonds. The number of carbonyl (C=O) groups is 1. The molecule has 3 aliphatic rings. The molecule has 0 bridgehead atoms. The molecule has 1 N–H and O–H groups in total. The average molecular weight is 446 g/mol. The van der Waals surface area contributed by atoms with Crippen LogP contribution >= 0.6 is 0 Å². The van der Waals surface area contributed by atoms with Crippen molar-refractivity contribution in [1.29, 1.82) is 0 Å². The summed E-state index contributed by atoms with van der Waals surface area (Å²) in [7, 11) is 0. The van der Waals surface area contributed by atoms with E-state index in [2.05, 4.69) is 14.8 Å². The van der Waals surface area contributed by atoms with E-state index in [1.165, 1.54) is 18.4 Å². The normalized spacial score (nSPS) is 24.6. The van der Waals surface area contributed by atoms with Crippen molar-refractivity contribution in [3.8, 4) is 0 Å². The predicted molar refractivity (Wildman–Crippen MR) is 129 cm³/mol. The quantitative estimate of drug-likeness (QED) is 0.580. The van der Waals surface area contributed by atoms with E-state index in [1.807, 2.05) is 42.6 Å². The minimum atomic E-state index is -0.157. The van der Waals surface area contributed by atoms with Crippen LogP contribution in [0.25, 0.3) is 10.9 Å². The molecule has 6 rings (SSSR count). The largest absolute Gasteiger partial charge is 0.361 e. The fourth-order valence-electron chi connectivity index (χ4n) is 6.27. The molecule has 2 aliphatic heterocycles. The Bertz CT molecular complexity index is 1130. The second-order valence-electron chi connectivity index (χ2n) is 10.3. The van der Waals surface area contributed by atoms with E-state index in [-0.39, 0.29) is 11.7 Å².